The molecular formula is C10H29N5. The molecule has 0 atom stereocenters. The lowest BCUT2D eigenvalue weighted by molar-refractivity contribution is 0.182. The molecule has 0 fully saturated rings. The molecule has 0 radical (unpaired) electrons. The number of hydrazine groups is 3. The van der Waals surface area contributed by atoms with Gasteiger partial charge >= 0.3 is 0 Å². The van der Waals surface area contributed by atoms with Gasteiger partial charge in [0.1, 0.15) is 0 Å². The molecule has 0 saturated heterocycles. The van der Waals surface area contributed by atoms with Gasteiger partial charge in [-0.15, -0.1) is 0 Å². The van der Waals surface area contributed by atoms with Crippen LogP contribution in [0.2, 0.25) is 0 Å². The van der Waals surface area contributed by atoms with Crippen molar-refractivity contribution in [2.45, 2.75) is 52.4 Å². The van der Waals surface area contributed by atoms with Crippen molar-refractivity contribution in [3.63, 3.8) is 0 Å². The number of nitrogens with zero attached hydrogens (tertiary/aromatic N) is 1. The third-order valence-corrected chi connectivity index (χ3v) is 2.25. The molecule has 0 rings (SSSR count). The van der Waals surface area contributed by atoms with Gasteiger partial charge in [0.05, 0.1) is 0 Å². The molecular weight excluding hydrogens is 190 g/mol. The second-order valence-electron chi connectivity index (χ2n) is 3.53. The van der Waals surface area contributed by atoms with Crippen LogP contribution < -0.4 is 23.1 Å². The number of nitrogens with two attached hydrogens (primary N) is 3. The summed E-state index contributed by atoms with van der Waals surface area (Å²) < 4.78 is 0. The van der Waals surface area contributed by atoms with Crippen molar-refractivity contribution in [1.82, 2.24) is 10.5 Å². The molecule has 0 unspecified atom stereocenters. The summed E-state index contributed by atoms with van der Waals surface area (Å²) in [5.41, 5.74) is 2.75. The summed E-state index contributed by atoms with van der Waals surface area (Å²) >= 11 is 0. The largest absolute Gasteiger partial charge is 0.274 e. The van der Waals surface area contributed by atoms with E-state index in [1.165, 1.54) is 38.5 Å². The van der Waals surface area contributed by atoms with E-state index in [0.29, 0.717) is 0 Å². The van der Waals surface area contributed by atoms with E-state index in [1.54, 1.807) is 0 Å². The molecule has 0 aliphatic carbocycles. The molecule has 0 aromatic rings. The van der Waals surface area contributed by atoms with Crippen molar-refractivity contribution in [1.29, 1.82) is 0 Å². The Morgan fingerprint density at radius 3 is 1.53 bits per heavy atom. The van der Waals surface area contributed by atoms with Crippen molar-refractivity contribution in [3.05, 3.63) is 0 Å². The van der Waals surface area contributed by atoms with Crippen LogP contribution >= 0.6 is 0 Å². The predicted octanol–water partition coefficient (Wildman–Crippen LogP) is 0.866. The Morgan fingerprint density at radius 1 is 0.867 bits per heavy atom. The van der Waals surface area contributed by atoms with Crippen LogP contribution in [0.4, 0.5) is 0 Å². The number of hydrogen-bond donors (Lipinski definition) is 4. The third-order valence-electron chi connectivity index (χ3n) is 2.25. The van der Waals surface area contributed by atoms with E-state index in [9.17, 15) is 0 Å². The topological polar surface area (TPSA) is 93.3 Å². The minimum Gasteiger partial charge on any atom is -0.274 e. The number of nitrogens with one attached hydrogen (secondary N) is 1. The van der Waals surface area contributed by atoms with Gasteiger partial charge in [0.15, 0.2) is 0 Å². The molecule has 0 aromatic heterocycles. The standard InChI is InChI=1S/C10H25N3.H4N2/c1-3-5-7-9-13(12-11)10-8-6-4-2;1-2/h12H,3-11H2,1-2H3;1-2H2. The van der Waals surface area contributed by atoms with Gasteiger partial charge in [0.25, 0.3) is 0 Å². The highest BCUT2D eigenvalue weighted by Crippen LogP contribution is 1.99. The summed E-state index contributed by atoms with van der Waals surface area (Å²) in [6.45, 7) is 6.59. The minimum atomic E-state index is 1.08. The molecule has 0 amide bonds. The summed E-state index contributed by atoms with van der Waals surface area (Å²) in [5, 5.41) is 2.12. The Bertz CT molecular complexity index is 89.8. The first-order valence-corrected chi connectivity index (χ1v) is 5.89. The predicted molar refractivity (Wildman–Crippen MR) is 66.3 cm³/mol. The maximum atomic E-state index is 5.41. The average molecular weight is 219 g/mol. The zero-order valence-electron chi connectivity index (χ0n) is 10.3. The minimum absolute atomic E-state index is 1.08. The van der Waals surface area contributed by atoms with E-state index in [4.69, 9.17) is 5.84 Å². The quantitative estimate of drug-likeness (QED) is 0.262. The average Bonchev–Trinajstić information content (AvgIpc) is 2.30. The number of hydrogen-bond acceptors (Lipinski definition) is 5. The lowest BCUT2D eigenvalue weighted by Crippen LogP contribution is -2.43. The van der Waals surface area contributed by atoms with Crippen LogP contribution in [0.1, 0.15) is 52.4 Å². The molecule has 0 saturated carbocycles. The van der Waals surface area contributed by atoms with E-state index in [0.717, 1.165) is 13.1 Å². The number of rotatable bonds is 9. The first kappa shape index (κ1) is 17.2. The van der Waals surface area contributed by atoms with E-state index >= 15 is 0 Å². The van der Waals surface area contributed by atoms with Crippen LogP contribution in [0.3, 0.4) is 0 Å². The highest BCUT2D eigenvalue weighted by Gasteiger charge is 2.00. The van der Waals surface area contributed by atoms with Crippen molar-refractivity contribution in [2.75, 3.05) is 13.1 Å². The smallest absolute Gasteiger partial charge is 0.0144 e. The Labute approximate surface area is 94.3 Å². The van der Waals surface area contributed by atoms with E-state index < -0.39 is 0 Å². The van der Waals surface area contributed by atoms with Crippen molar-refractivity contribution >= 4 is 0 Å². The molecule has 0 aromatic carbocycles. The summed E-state index contributed by atoms with van der Waals surface area (Å²) in [6.07, 6.45) is 7.62. The van der Waals surface area contributed by atoms with Crippen LogP contribution in [-0.2, 0) is 0 Å². The monoisotopic (exact) mass is 219 g/mol. The van der Waals surface area contributed by atoms with Crippen LogP contribution in [0.5, 0.6) is 0 Å². The van der Waals surface area contributed by atoms with Crippen LogP contribution in [0.25, 0.3) is 0 Å². The van der Waals surface area contributed by atoms with Gasteiger partial charge in [-0.25, -0.2) is 5.01 Å². The first-order chi connectivity index (χ1) is 7.35. The second-order valence-corrected chi connectivity index (χ2v) is 3.53. The normalized spacial score (nSPS) is 10.0. The molecule has 0 bridgehead atoms. The molecule has 0 heterocycles. The Kier molecular flexibility index (Phi) is 18.6. The summed E-state index contributed by atoms with van der Waals surface area (Å²) in [5.74, 6) is 13.4. The molecule has 5 heteroatoms. The molecule has 7 N–H and O–H groups in total. The summed E-state index contributed by atoms with van der Waals surface area (Å²) in [7, 11) is 0. The Hall–Kier alpha value is -0.200. The van der Waals surface area contributed by atoms with Crippen LogP contribution in [0.15, 0.2) is 0 Å². The first-order valence-electron chi connectivity index (χ1n) is 5.89. The van der Waals surface area contributed by atoms with Gasteiger partial charge < -0.3 is 0 Å². The lowest BCUT2D eigenvalue weighted by atomic mass is 10.2. The molecule has 0 spiro atoms. The zero-order valence-corrected chi connectivity index (χ0v) is 10.3. The van der Waals surface area contributed by atoms with Gasteiger partial charge in [-0.1, -0.05) is 39.5 Å². The van der Waals surface area contributed by atoms with E-state index in [1.807, 2.05) is 0 Å². The van der Waals surface area contributed by atoms with E-state index in [2.05, 4.69) is 36.1 Å². The maximum Gasteiger partial charge on any atom is 0.0144 e. The molecule has 0 aliphatic heterocycles. The molecule has 5 nitrogen and oxygen atoms in total. The highest BCUT2D eigenvalue weighted by molar-refractivity contribution is 4.51. The maximum absolute atomic E-state index is 5.41. The Balaban J connectivity index is 0. The number of unbranched alkanes of at least 4 members (excludes halogenated alkanes) is 4. The van der Waals surface area contributed by atoms with Crippen LogP contribution in [-0.4, -0.2) is 18.1 Å². The van der Waals surface area contributed by atoms with Crippen molar-refractivity contribution in [3.8, 4) is 0 Å². The van der Waals surface area contributed by atoms with Crippen molar-refractivity contribution in [2.24, 2.45) is 17.5 Å². The third kappa shape index (κ3) is 13.8. The lowest BCUT2D eigenvalue weighted by Gasteiger charge is -2.19. The second kappa shape index (κ2) is 16.2. The summed E-state index contributed by atoms with van der Waals surface area (Å²) in [4.78, 5) is 0. The van der Waals surface area contributed by atoms with Gasteiger partial charge in [0.2, 0.25) is 0 Å². The Morgan fingerprint density at radius 2 is 1.27 bits per heavy atom. The van der Waals surface area contributed by atoms with Crippen molar-refractivity contribution < 1.29 is 0 Å². The summed E-state index contributed by atoms with van der Waals surface area (Å²) in [6, 6.07) is 0. The highest BCUT2D eigenvalue weighted by atomic mass is 15.6. The fourth-order valence-corrected chi connectivity index (χ4v) is 1.35. The fourth-order valence-electron chi connectivity index (χ4n) is 1.35. The fraction of sp³-hybridized carbons (Fsp3) is 1.00. The molecule has 94 valence electrons. The van der Waals surface area contributed by atoms with Gasteiger partial charge in [-0.05, 0) is 12.8 Å². The van der Waals surface area contributed by atoms with Gasteiger partial charge in [0, 0.05) is 13.1 Å². The van der Waals surface area contributed by atoms with Gasteiger partial charge in [-0.3, -0.25) is 17.5 Å². The zero-order chi connectivity index (χ0) is 11.9. The SMILES string of the molecule is CCCCCN(CCCCC)NN.NN. The van der Waals surface area contributed by atoms with E-state index in [-0.39, 0.29) is 0 Å². The van der Waals surface area contributed by atoms with Crippen LogP contribution in [0, 0.1) is 0 Å². The molecule has 15 heavy (non-hydrogen) atoms. The molecule has 0 aliphatic rings. The van der Waals surface area contributed by atoms with Gasteiger partial charge in [-0.2, -0.15) is 5.53 Å².